The summed E-state index contributed by atoms with van der Waals surface area (Å²) in [5.41, 5.74) is 10.7. The summed E-state index contributed by atoms with van der Waals surface area (Å²) in [6.07, 6.45) is -0.333. The highest BCUT2D eigenvalue weighted by molar-refractivity contribution is 5.95. The number of primary amides is 1. The predicted octanol–water partition coefficient (Wildman–Crippen LogP) is -3.27. The molecule has 0 aliphatic carbocycles. The van der Waals surface area contributed by atoms with Crippen molar-refractivity contribution in [1.29, 1.82) is 0 Å². The zero-order chi connectivity index (χ0) is 22.1. The van der Waals surface area contributed by atoms with E-state index in [4.69, 9.17) is 21.7 Å². The van der Waals surface area contributed by atoms with E-state index in [1.807, 2.05) is 0 Å². The lowest BCUT2D eigenvalue weighted by molar-refractivity contribution is -0.142. The number of nitrogens with zero attached hydrogens (tertiary/aromatic N) is 1. The van der Waals surface area contributed by atoms with E-state index in [0.717, 1.165) is 0 Å². The van der Waals surface area contributed by atoms with Crippen LogP contribution in [0.5, 0.6) is 0 Å². The molecule has 8 N–H and O–H groups in total. The van der Waals surface area contributed by atoms with Crippen molar-refractivity contribution in [3.8, 4) is 0 Å². The third-order valence-corrected chi connectivity index (χ3v) is 4.27. The minimum atomic E-state index is -1.31. The Balaban J connectivity index is 2.83. The van der Waals surface area contributed by atoms with Crippen LogP contribution in [0, 0.1) is 0 Å². The normalized spacial score (nSPS) is 17.8. The van der Waals surface area contributed by atoms with Crippen LogP contribution in [0.15, 0.2) is 0 Å². The summed E-state index contributed by atoms with van der Waals surface area (Å²) in [5.74, 6) is -5.48. The molecule has 0 spiro atoms. The van der Waals surface area contributed by atoms with E-state index in [1.165, 1.54) is 4.90 Å². The Morgan fingerprint density at radius 1 is 1.10 bits per heavy atom. The zero-order valence-electron chi connectivity index (χ0n) is 15.6. The Hall–Kier alpha value is -3.22. The molecule has 0 saturated carbocycles. The number of rotatable bonds is 11. The number of hydrogen-bond acceptors (Lipinski definition) is 7. The monoisotopic (exact) mass is 415 g/mol. The molecular formula is C16H25N5O8. The quantitative estimate of drug-likeness (QED) is 0.199. The average Bonchev–Trinajstić information content (AvgIpc) is 3.11. The van der Waals surface area contributed by atoms with Gasteiger partial charge in [-0.15, -0.1) is 0 Å². The fraction of sp³-hybridized carbons (Fsp3) is 0.625. The molecule has 0 bridgehead atoms. The van der Waals surface area contributed by atoms with E-state index >= 15 is 0 Å². The molecule has 162 valence electrons. The van der Waals surface area contributed by atoms with Crippen molar-refractivity contribution in [2.45, 2.75) is 50.2 Å². The molecule has 0 aromatic heterocycles. The number of carboxylic acid groups (broad SMARTS) is 2. The lowest BCUT2D eigenvalue weighted by Crippen LogP contribution is -2.55. The van der Waals surface area contributed by atoms with Crippen LogP contribution in [0.25, 0.3) is 0 Å². The summed E-state index contributed by atoms with van der Waals surface area (Å²) in [5, 5.41) is 21.9. The van der Waals surface area contributed by atoms with E-state index in [1.54, 1.807) is 0 Å². The average molecular weight is 415 g/mol. The predicted molar refractivity (Wildman–Crippen MR) is 96.0 cm³/mol. The van der Waals surface area contributed by atoms with Crippen molar-refractivity contribution >= 4 is 35.6 Å². The molecule has 1 aliphatic heterocycles. The van der Waals surface area contributed by atoms with Crippen LogP contribution in [0.4, 0.5) is 0 Å². The number of carbonyl (C=O) groups is 6. The van der Waals surface area contributed by atoms with Crippen LogP contribution < -0.4 is 22.1 Å². The highest BCUT2D eigenvalue weighted by Gasteiger charge is 2.37. The van der Waals surface area contributed by atoms with E-state index in [9.17, 15) is 28.8 Å². The topological polar surface area (TPSA) is 222 Å². The molecule has 0 aromatic rings. The summed E-state index contributed by atoms with van der Waals surface area (Å²) >= 11 is 0. The number of carbonyl (C=O) groups excluding carboxylic acids is 4. The van der Waals surface area contributed by atoms with Gasteiger partial charge in [0.05, 0.1) is 12.5 Å². The van der Waals surface area contributed by atoms with Crippen LogP contribution in [-0.4, -0.2) is 81.9 Å². The summed E-state index contributed by atoms with van der Waals surface area (Å²) in [7, 11) is 0. The Kier molecular flexibility index (Phi) is 8.99. The van der Waals surface area contributed by atoms with Gasteiger partial charge < -0.3 is 37.2 Å². The van der Waals surface area contributed by atoms with Gasteiger partial charge >= 0.3 is 11.9 Å². The number of carboxylic acids is 2. The Morgan fingerprint density at radius 3 is 2.31 bits per heavy atom. The molecule has 3 atom stereocenters. The van der Waals surface area contributed by atoms with Crippen LogP contribution in [0.3, 0.4) is 0 Å². The molecule has 1 fully saturated rings. The van der Waals surface area contributed by atoms with Crippen molar-refractivity contribution in [2.75, 3.05) is 13.1 Å². The van der Waals surface area contributed by atoms with Gasteiger partial charge in [0, 0.05) is 13.0 Å². The highest BCUT2D eigenvalue weighted by atomic mass is 16.4. The van der Waals surface area contributed by atoms with E-state index in [-0.39, 0.29) is 25.8 Å². The minimum Gasteiger partial charge on any atom is -0.481 e. The number of amides is 4. The number of likely N-dealkylation sites (tertiary alicyclic amines) is 1. The lowest BCUT2D eigenvalue weighted by atomic mass is 10.1. The summed E-state index contributed by atoms with van der Waals surface area (Å²) < 4.78 is 0. The number of nitrogens with two attached hydrogens (primary N) is 2. The van der Waals surface area contributed by atoms with E-state index < -0.39 is 66.7 Å². The highest BCUT2D eigenvalue weighted by Crippen LogP contribution is 2.19. The molecule has 0 aromatic carbocycles. The largest absolute Gasteiger partial charge is 0.481 e. The molecule has 13 nitrogen and oxygen atoms in total. The molecule has 3 unspecified atom stereocenters. The summed E-state index contributed by atoms with van der Waals surface area (Å²) in [6, 6.07) is -3.46. The van der Waals surface area contributed by atoms with Gasteiger partial charge in [0.25, 0.3) is 0 Å². The Morgan fingerprint density at radius 2 is 1.76 bits per heavy atom. The molecule has 0 radical (unpaired) electrons. The van der Waals surface area contributed by atoms with Crippen LogP contribution in [-0.2, 0) is 28.8 Å². The number of nitrogens with one attached hydrogen (secondary N) is 2. The number of hydrogen-bond donors (Lipinski definition) is 6. The van der Waals surface area contributed by atoms with E-state index in [0.29, 0.717) is 6.42 Å². The SMILES string of the molecule is NC(=O)CC(N)C(=O)N1CCCC1C(=O)NC(CCC(=O)O)C(=O)NCC(=O)O. The van der Waals surface area contributed by atoms with Gasteiger partial charge in [-0.2, -0.15) is 0 Å². The van der Waals surface area contributed by atoms with Crippen molar-refractivity contribution in [3.63, 3.8) is 0 Å². The maximum Gasteiger partial charge on any atom is 0.322 e. The van der Waals surface area contributed by atoms with E-state index in [2.05, 4.69) is 10.6 Å². The fourth-order valence-corrected chi connectivity index (χ4v) is 2.91. The smallest absolute Gasteiger partial charge is 0.322 e. The molecule has 1 aliphatic rings. The maximum absolute atomic E-state index is 12.6. The Bertz CT molecular complexity index is 682. The molecule has 1 heterocycles. The third kappa shape index (κ3) is 7.73. The van der Waals surface area contributed by atoms with Crippen molar-refractivity contribution in [2.24, 2.45) is 11.5 Å². The van der Waals surface area contributed by atoms with Gasteiger partial charge in [-0.1, -0.05) is 0 Å². The molecule has 1 saturated heterocycles. The zero-order valence-corrected chi connectivity index (χ0v) is 15.6. The first-order valence-corrected chi connectivity index (χ1v) is 8.89. The van der Waals surface area contributed by atoms with Crippen LogP contribution in [0.2, 0.25) is 0 Å². The maximum atomic E-state index is 12.6. The third-order valence-electron chi connectivity index (χ3n) is 4.27. The second-order valence-electron chi connectivity index (χ2n) is 6.57. The van der Waals surface area contributed by atoms with Gasteiger partial charge in [0.2, 0.25) is 23.6 Å². The molecule has 13 heteroatoms. The second-order valence-corrected chi connectivity index (χ2v) is 6.57. The van der Waals surface area contributed by atoms with Crippen LogP contribution >= 0.6 is 0 Å². The first kappa shape index (κ1) is 23.8. The summed E-state index contributed by atoms with van der Waals surface area (Å²) in [4.78, 5) is 70.7. The van der Waals surface area contributed by atoms with Gasteiger partial charge in [0.1, 0.15) is 18.6 Å². The van der Waals surface area contributed by atoms with Crippen molar-refractivity contribution < 1.29 is 39.0 Å². The fourth-order valence-electron chi connectivity index (χ4n) is 2.91. The molecule has 4 amide bonds. The van der Waals surface area contributed by atoms with Gasteiger partial charge in [0.15, 0.2) is 0 Å². The van der Waals surface area contributed by atoms with Crippen LogP contribution in [0.1, 0.15) is 32.1 Å². The molecular weight excluding hydrogens is 390 g/mol. The summed E-state index contributed by atoms with van der Waals surface area (Å²) in [6.45, 7) is -0.483. The second kappa shape index (κ2) is 10.9. The van der Waals surface area contributed by atoms with Gasteiger partial charge in [-0.25, -0.2) is 0 Å². The Labute approximate surface area is 165 Å². The molecule has 29 heavy (non-hydrogen) atoms. The number of aliphatic carboxylic acids is 2. The first-order chi connectivity index (χ1) is 13.5. The minimum absolute atomic E-state index is 0.217. The van der Waals surface area contributed by atoms with Gasteiger partial charge in [-0.3, -0.25) is 28.8 Å². The van der Waals surface area contributed by atoms with Crippen molar-refractivity contribution in [3.05, 3.63) is 0 Å². The standard InChI is InChI=1S/C16H25N5O8/c17-8(6-11(18)22)16(29)21-5-1-2-10(21)15(28)20-9(3-4-12(23)24)14(27)19-7-13(25)26/h8-10H,1-7,17H2,(H2,18,22)(H,19,27)(H,20,28)(H,23,24)(H,25,26). The lowest BCUT2D eigenvalue weighted by Gasteiger charge is -2.28. The first-order valence-electron chi connectivity index (χ1n) is 8.89. The van der Waals surface area contributed by atoms with Gasteiger partial charge in [-0.05, 0) is 19.3 Å². The molecule has 1 rings (SSSR count). The van der Waals surface area contributed by atoms with Crippen molar-refractivity contribution in [1.82, 2.24) is 15.5 Å².